The molecule has 0 aliphatic carbocycles. The molecule has 0 fully saturated rings. The Balaban J connectivity index is 1.88. The summed E-state index contributed by atoms with van der Waals surface area (Å²) in [6, 6.07) is 16.2. The van der Waals surface area contributed by atoms with Gasteiger partial charge in [-0.05, 0) is 24.1 Å². The maximum Gasteiger partial charge on any atom is 0.328 e. The van der Waals surface area contributed by atoms with E-state index in [0.29, 0.717) is 0 Å². The van der Waals surface area contributed by atoms with E-state index in [1.54, 1.807) is 18.2 Å². The number of esters is 1. The van der Waals surface area contributed by atoms with Gasteiger partial charge in [-0.25, -0.2) is 13.2 Å². The molecule has 7 nitrogen and oxygen atoms in total. The van der Waals surface area contributed by atoms with Gasteiger partial charge in [-0.1, -0.05) is 48.5 Å². The molecular weight excluding hydrogens is 382 g/mol. The van der Waals surface area contributed by atoms with Crippen LogP contribution in [0.3, 0.4) is 0 Å². The van der Waals surface area contributed by atoms with Gasteiger partial charge in [0, 0.05) is 0 Å². The Morgan fingerprint density at radius 1 is 1.00 bits per heavy atom. The lowest BCUT2D eigenvalue weighted by molar-refractivity contribution is -0.145. The van der Waals surface area contributed by atoms with Crippen LogP contribution in [0.2, 0.25) is 0 Å². The van der Waals surface area contributed by atoms with E-state index in [4.69, 9.17) is 4.74 Å². The number of hydrogen-bond acceptors (Lipinski definition) is 6. The van der Waals surface area contributed by atoms with Gasteiger partial charge in [0.05, 0.1) is 24.4 Å². The second kappa shape index (κ2) is 10.6. The third-order valence-electron chi connectivity index (χ3n) is 3.94. The van der Waals surface area contributed by atoms with Gasteiger partial charge in [-0.3, -0.25) is 4.79 Å². The summed E-state index contributed by atoms with van der Waals surface area (Å²) in [5, 5.41) is 2.48. The summed E-state index contributed by atoms with van der Waals surface area (Å²) in [5.41, 5.74) is 0.911. The minimum Gasteiger partial charge on any atom is -0.467 e. The van der Waals surface area contributed by atoms with Gasteiger partial charge < -0.3 is 14.8 Å². The fourth-order valence-corrected chi connectivity index (χ4v) is 3.84. The number of hydrogen-bond donors (Lipinski definition) is 1. The standard InChI is InChI=1S/C20H23NO6S/c1-26-20(23)18(12-13-28(24,25)17-10-6-3-7-11-17)21-19(22)15-27-14-16-8-4-2-5-9-16/h2-11,18H,12-15H2,1H3,(H,21,22)/t18-/m1/s1. The van der Waals surface area contributed by atoms with Crippen molar-refractivity contribution >= 4 is 21.7 Å². The molecule has 0 saturated carbocycles. The molecule has 0 saturated heterocycles. The van der Waals surface area contributed by atoms with Crippen LogP contribution < -0.4 is 5.32 Å². The first-order valence-electron chi connectivity index (χ1n) is 8.69. The van der Waals surface area contributed by atoms with Crippen molar-refractivity contribution in [2.75, 3.05) is 19.5 Å². The van der Waals surface area contributed by atoms with Crippen molar-refractivity contribution in [2.24, 2.45) is 0 Å². The van der Waals surface area contributed by atoms with Crippen LogP contribution in [0.15, 0.2) is 65.6 Å². The molecule has 1 atom stereocenters. The molecule has 1 amide bonds. The van der Waals surface area contributed by atoms with Gasteiger partial charge in [-0.2, -0.15) is 0 Å². The van der Waals surface area contributed by atoms with Gasteiger partial charge in [0.25, 0.3) is 0 Å². The predicted molar refractivity (Wildman–Crippen MR) is 103 cm³/mol. The quantitative estimate of drug-likeness (QED) is 0.605. The Labute approximate surface area is 164 Å². The van der Waals surface area contributed by atoms with Crippen molar-refractivity contribution in [3.05, 3.63) is 66.2 Å². The molecule has 0 spiro atoms. The van der Waals surface area contributed by atoms with Crippen molar-refractivity contribution < 1.29 is 27.5 Å². The van der Waals surface area contributed by atoms with Crippen molar-refractivity contribution in [3.8, 4) is 0 Å². The number of amides is 1. The number of ether oxygens (including phenoxy) is 2. The number of methoxy groups -OCH3 is 1. The molecule has 0 aromatic heterocycles. The van der Waals surface area contributed by atoms with E-state index in [-0.39, 0.29) is 30.3 Å². The third-order valence-corrected chi connectivity index (χ3v) is 5.71. The SMILES string of the molecule is COC(=O)[C@@H](CCS(=O)(=O)c1ccccc1)NC(=O)COCc1ccccc1. The number of carbonyl (C=O) groups is 2. The molecule has 150 valence electrons. The highest BCUT2D eigenvalue weighted by Gasteiger charge is 2.25. The van der Waals surface area contributed by atoms with E-state index in [1.165, 1.54) is 19.2 Å². The second-order valence-corrected chi connectivity index (χ2v) is 8.15. The minimum atomic E-state index is -3.58. The van der Waals surface area contributed by atoms with Crippen molar-refractivity contribution in [2.45, 2.75) is 24.0 Å². The summed E-state index contributed by atoms with van der Waals surface area (Å²) in [6.07, 6.45) is -0.103. The third kappa shape index (κ3) is 6.79. The van der Waals surface area contributed by atoms with Gasteiger partial charge in [0.1, 0.15) is 12.6 Å². The minimum absolute atomic E-state index is 0.103. The van der Waals surface area contributed by atoms with Gasteiger partial charge >= 0.3 is 5.97 Å². The van der Waals surface area contributed by atoms with Crippen LogP contribution in [-0.2, 0) is 35.5 Å². The van der Waals surface area contributed by atoms with Crippen LogP contribution in [-0.4, -0.2) is 45.8 Å². The Bertz CT molecular complexity index is 868. The first-order chi connectivity index (χ1) is 13.4. The normalized spacial score (nSPS) is 12.2. The van der Waals surface area contributed by atoms with E-state index in [9.17, 15) is 18.0 Å². The summed E-state index contributed by atoms with van der Waals surface area (Å²) in [5.74, 6) is -1.54. The van der Waals surface area contributed by atoms with E-state index in [1.807, 2.05) is 30.3 Å². The van der Waals surface area contributed by atoms with Gasteiger partial charge in [-0.15, -0.1) is 0 Å². The smallest absolute Gasteiger partial charge is 0.328 e. The fraction of sp³-hybridized carbons (Fsp3) is 0.300. The lowest BCUT2D eigenvalue weighted by Crippen LogP contribution is -2.44. The highest BCUT2D eigenvalue weighted by atomic mass is 32.2. The van der Waals surface area contributed by atoms with Crippen LogP contribution in [0.5, 0.6) is 0 Å². The van der Waals surface area contributed by atoms with E-state index in [0.717, 1.165) is 5.56 Å². The highest BCUT2D eigenvalue weighted by Crippen LogP contribution is 2.12. The molecule has 0 aliphatic rings. The fourth-order valence-electron chi connectivity index (χ4n) is 2.48. The number of nitrogens with one attached hydrogen (secondary N) is 1. The predicted octanol–water partition coefficient (Wildman–Crippen LogP) is 1.72. The van der Waals surface area contributed by atoms with Crippen LogP contribution >= 0.6 is 0 Å². The molecule has 28 heavy (non-hydrogen) atoms. The molecule has 2 aromatic carbocycles. The zero-order valence-corrected chi connectivity index (χ0v) is 16.4. The molecule has 2 aromatic rings. The molecule has 8 heteroatoms. The number of rotatable bonds is 10. The summed E-state index contributed by atoms with van der Waals surface area (Å²) in [6.45, 7) is -0.00659. The topological polar surface area (TPSA) is 98.8 Å². The maximum atomic E-state index is 12.4. The van der Waals surface area contributed by atoms with E-state index < -0.39 is 27.8 Å². The summed E-state index contributed by atoms with van der Waals surface area (Å²) < 4.78 is 34.7. The first-order valence-corrected chi connectivity index (χ1v) is 10.3. The molecule has 0 radical (unpaired) electrons. The molecule has 0 heterocycles. The molecular formula is C20H23NO6S. The Hall–Kier alpha value is -2.71. The van der Waals surface area contributed by atoms with Gasteiger partial charge in [0.2, 0.25) is 5.91 Å². The average Bonchev–Trinajstić information content (AvgIpc) is 2.72. The number of sulfone groups is 1. The van der Waals surface area contributed by atoms with Gasteiger partial charge in [0.15, 0.2) is 9.84 Å². The largest absolute Gasteiger partial charge is 0.467 e. The molecule has 2 rings (SSSR count). The van der Waals surface area contributed by atoms with E-state index >= 15 is 0 Å². The first kappa shape index (κ1) is 21.6. The van der Waals surface area contributed by atoms with E-state index in [2.05, 4.69) is 10.1 Å². The summed E-state index contributed by atoms with van der Waals surface area (Å²) >= 11 is 0. The summed E-state index contributed by atoms with van der Waals surface area (Å²) in [7, 11) is -2.40. The maximum absolute atomic E-state index is 12.4. The number of carbonyl (C=O) groups excluding carboxylic acids is 2. The number of benzene rings is 2. The van der Waals surface area contributed by atoms with Crippen molar-refractivity contribution in [1.82, 2.24) is 5.32 Å². The lowest BCUT2D eigenvalue weighted by Gasteiger charge is -2.16. The molecule has 1 N–H and O–H groups in total. The van der Waals surface area contributed by atoms with Crippen molar-refractivity contribution in [3.63, 3.8) is 0 Å². The molecule has 0 aliphatic heterocycles. The summed E-state index contributed by atoms with van der Waals surface area (Å²) in [4.78, 5) is 24.2. The second-order valence-electron chi connectivity index (χ2n) is 6.04. The average molecular weight is 405 g/mol. The molecule has 0 bridgehead atoms. The van der Waals surface area contributed by atoms with Crippen LogP contribution in [0.1, 0.15) is 12.0 Å². The molecule has 0 unspecified atom stereocenters. The highest BCUT2D eigenvalue weighted by molar-refractivity contribution is 7.91. The van der Waals surface area contributed by atoms with Crippen LogP contribution in [0, 0.1) is 0 Å². The van der Waals surface area contributed by atoms with Crippen LogP contribution in [0.25, 0.3) is 0 Å². The Morgan fingerprint density at radius 2 is 1.61 bits per heavy atom. The Kier molecular flexibility index (Phi) is 8.16. The van der Waals surface area contributed by atoms with Crippen molar-refractivity contribution in [1.29, 1.82) is 0 Å². The monoisotopic (exact) mass is 405 g/mol. The zero-order valence-electron chi connectivity index (χ0n) is 15.5. The Morgan fingerprint density at radius 3 is 2.21 bits per heavy atom. The lowest BCUT2D eigenvalue weighted by atomic mass is 10.2. The van der Waals surface area contributed by atoms with Crippen LogP contribution in [0.4, 0.5) is 0 Å². The zero-order chi connectivity index (χ0) is 20.4.